The van der Waals surface area contributed by atoms with Gasteiger partial charge in [0, 0.05) is 50.3 Å². The molecule has 4 heterocycles. The van der Waals surface area contributed by atoms with Crippen LogP contribution in [0.1, 0.15) is 79.1 Å². The lowest BCUT2D eigenvalue weighted by atomic mass is 9.86. The van der Waals surface area contributed by atoms with E-state index in [1.54, 1.807) is 0 Å². The Hall–Kier alpha value is 0.0600. The van der Waals surface area contributed by atoms with Crippen molar-refractivity contribution in [1.29, 1.82) is 0 Å². The van der Waals surface area contributed by atoms with Gasteiger partial charge in [0.05, 0.1) is 9.98 Å². The smallest absolute Gasteiger partial charge is 0.108 e. The molecule has 2 unspecified atom stereocenters. The quantitative estimate of drug-likeness (QED) is 0.118. The van der Waals surface area contributed by atoms with E-state index < -0.39 is 0 Å². The van der Waals surface area contributed by atoms with Crippen LogP contribution in [0.4, 0.5) is 0 Å². The van der Waals surface area contributed by atoms with Gasteiger partial charge in [0.1, 0.15) is 9.98 Å². The van der Waals surface area contributed by atoms with Gasteiger partial charge in [-0.3, -0.25) is 0 Å². The van der Waals surface area contributed by atoms with E-state index in [1.165, 1.54) is 9.81 Å². The third-order valence-corrected chi connectivity index (χ3v) is 12.3. The molecule has 4 aliphatic heterocycles. The van der Waals surface area contributed by atoms with Crippen LogP contribution in [0.5, 0.6) is 0 Å². The minimum Gasteiger partial charge on any atom is -0.381 e. The summed E-state index contributed by atoms with van der Waals surface area (Å²) in [4.78, 5) is 11.0. The topological polar surface area (TPSA) is 24.9 Å². The first-order valence-electron chi connectivity index (χ1n) is 15.1. The van der Waals surface area contributed by atoms with Gasteiger partial charge in [0.25, 0.3) is 0 Å². The normalized spacial score (nSPS) is 23.2. The van der Waals surface area contributed by atoms with Gasteiger partial charge < -0.3 is 19.3 Å². The zero-order chi connectivity index (χ0) is 29.6. The monoisotopic (exact) mass is 670 g/mol. The molecule has 2 saturated heterocycles. The fourth-order valence-corrected chi connectivity index (χ4v) is 10.7. The number of ether oxygens (including phenoxy) is 2. The Morgan fingerprint density at radius 3 is 1.95 bits per heavy atom. The standard InChI is InChI=1S/C31H46N2O2S6/c1-30(2,21-32-26(36)19-24-22(28(32)38)9-17-40-24)11-7-14-35-16-8-15-34-13-6-5-12-31(3,4)33-27(37)20-25-23(29(33)39)10-18-41-25/h19-20,22-23H,5-18,21H2,1-4H3. The molecule has 0 aromatic rings. The molecule has 0 aromatic carbocycles. The molecule has 0 aromatic heterocycles. The van der Waals surface area contributed by atoms with Crippen LogP contribution in [0.3, 0.4) is 0 Å². The Morgan fingerprint density at radius 2 is 1.29 bits per heavy atom. The molecule has 0 aliphatic carbocycles. The predicted molar refractivity (Wildman–Crippen MR) is 193 cm³/mol. The van der Waals surface area contributed by atoms with E-state index in [-0.39, 0.29) is 11.0 Å². The van der Waals surface area contributed by atoms with Crippen LogP contribution in [0, 0.1) is 17.3 Å². The molecule has 2 atom stereocenters. The number of hydrogen-bond acceptors (Lipinski definition) is 8. The lowest BCUT2D eigenvalue weighted by Crippen LogP contribution is -2.53. The van der Waals surface area contributed by atoms with Gasteiger partial charge in [-0.25, -0.2) is 0 Å². The highest BCUT2D eigenvalue weighted by Crippen LogP contribution is 2.43. The number of unbranched alkanes of at least 4 members (excludes halogenated alkanes) is 1. The van der Waals surface area contributed by atoms with E-state index >= 15 is 0 Å². The largest absolute Gasteiger partial charge is 0.381 e. The van der Waals surface area contributed by atoms with Gasteiger partial charge in [-0.15, -0.1) is 23.5 Å². The number of rotatable bonds is 16. The Kier molecular flexibility index (Phi) is 12.7. The Morgan fingerprint density at radius 1 is 0.732 bits per heavy atom. The molecule has 4 aliphatic rings. The molecule has 0 spiro atoms. The first-order valence-corrected chi connectivity index (χ1v) is 18.7. The summed E-state index contributed by atoms with van der Waals surface area (Å²) < 4.78 is 11.8. The predicted octanol–water partition coefficient (Wildman–Crippen LogP) is 8.38. The molecule has 4 rings (SSSR count). The average molecular weight is 671 g/mol. The maximum absolute atomic E-state index is 5.91. The Balaban J connectivity index is 1.02. The zero-order valence-electron chi connectivity index (χ0n) is 25.1. The van der Waals surface area contributed by atoms with E-state index in [9.17, 15) is 0 Å². The fourth-order valence-electron chi connectivity index (χ4n) is 6.05. The number of fused-ring (bicyclic) bond motifs is 2. The number of hydrogen-bond donors (Lipinski definition) is 0. The molecule has 228 valence electrons. The van der Waals surface area contributed by atoms with Crippen molar-refractivity contribution in [2.75, 3.05) is 44.5 Å². The van der Waals surface area contributed by atoms with Gasteiger partial charge in [-0.05, 0) is 104 Å². The van der Waals surface area contributed by atoms with Gasteiger partial charge in [-0.2, -0.15) is 0 Å². The number of thioether (sulfide) groups is 2. The molecule has 0 saturated carbocycles. The van der Waals surface area contributed by atoms with E-state index in [0.29, 0.717) is 11.8 Å². The number of nitrogens with zero attached hydrogens (tertiary/aromatic N) is 2. The second kappa shape index (κ2) is 15.4. The van der Waals surface area contributed by atoms with Gasteiger partial charge in [0.2, 0.25) is 0 Å². The summed E-state index contributed by atoms with van der Waals surface area (Å²) in [6.45, 7) is 13.1. The van der Waals surface area contributed by atoms with Crippen molar-refractivity contribution in [3.63, 3.8) is 0 Å². The van der Waals surface area contributed by atoms with Gasteiger partial charge in [-0.1, -0.05) is 62.7 Å². The maximum Gasteiger partial charge on any atom is 0.108 e. The van der Waals surface area contributed by atoms with Crippen molar-refractivity contribution in [1.82, 2.24) is 9.80 Å². The second-order valence-electron chi connectivity index (χ2n) is 12.9. The Labute approximate surface area is 278 Å². The van der Waals surface area contributed by atoms with Crippen molar-refractivity contribution in [3.05, 3.63) is 22.0 Å². The maximum atomic E-state index is 5.91. The first-order chi connectivity index (χ1) is 19.5. The summed E-state index contributed by atoms with van der Waals surface area (Å²) in [6, 6.07) is 0. The van der Waals surface area contributed by atoms with Crippen LogP contribution < -0.4 is 0 Å². The van der Waals surface area contributed by atoms with E-state index in [2.05, 4.69) is 49.6 Å². The third-order valence-electron chi connectivity index (χ3n) is 8.38. The molecule has 0 radical (unpaired) electrons. The van der Waals surface area contributed by atoms with Crippen LogP contribution in [0.25, 0.3) is 0 Å². The Bertz CT molecular complexity index is 1070. The van der Waals surface area contributed by atoms with Crippen molar-refractivity contribution in [2.45, 2.75) is 84.6 Å². The van der Waals surface area contributed by atoms with Crippen LogP contribution >= 0.6 is 72.4 Å². The van der Waals surface area contributed by atoms with Gasteiger partial charge >= 0.3 is 0 Å². The fraction of sp³-hybridized carbons (Fsp3) is 0.742. The molecular formula is C31H46N2O2S6. The van der Waals surface area contributed by atoms with E-state index in [0.717, 1.165) is 116 Å². The molecule has 2 fully saturated rings. The van der Waals surface area contributed by atoms with Crippen molar-refractivity contribution in [2.24, 2.45) is 17.3 Å². The summed E-state index contributed by atoms with van der Waals surface area (Å²) in [6.07, 6.45) is 12.9. The highest BCUT2D eigenvalue weighted by atomic mass is 32.2. The summed E-state index contributed by atoms with van der Waals surface area (Å²) in [5, 5.41) is 0. The molecular weight excluding hydrogens is 625 g/mol. The lowest BCUT2D eigenvalue weighted by molar-refractivity contribution is 0.0753. The van der Waals surface area contributed by atoms with Crippen LogP contribution in [0.2, 0.25) is 0 Å². The van der Waals surface area contributed by atoms with Gasteiger partial charge in [0.15, 0.2) is 0 Å². The van der Waals surface area contributed by atoms with Crippen molar-refractivity contribution >= 4 is 92.3 Å². The second-order valence-corrected chi connectivity index (χ2v) is 16.9. The van der Waals surface area contributed by atoms with Crippen LogP contribution in [0.15, 0.2) is 22.0 Å². The van der Waals surface area contributed by atoms with Crippen LogP contribution in [-0.2, 0) is 9.47 Å². The average Bonchev–Trinajstić information content (AvgIpc) is 3.57. The molecule has 41 heavy (non-hydrogen) atoms. The SMILES string of the molecule is CC(C)(CCCOCCCOCCCCC(C)(C)N1C(=S)C=C2SCCC2C1=S)CN1C(=S)C=C2SCCC2C1=S. The lowest BCUT2D eigenvalue weighted by Gasteiger charge is -2.44. The van der Waals surface area contributed by atoms with Crippen molar-refractivity contribution < 1.29 is 9.47 Å². The summed E-state index contributed by atoms with van der Waals surface area (Å²) >= 11 is 27.0. The van der Waals surface area contributed by atoms with Crippen LogP contribution in [-0.4, -0.2) is 79.8 Å². The summed E-state index contributed by atoms with van der Waals surface area (Å²) in [7, 11) is 0. The van der Waals surface area contributed by atoms with E-state index in [1.807, 2.05) is 23.5 Å². The zero-order valence-corrected chi connectivity index (χ0v) is 30.0. The highest BCUT2D eigenvalue weighted by Gasteiger charge is 2.40. The molecule has 10 heteroatoms. The third kappa shape index (κ3) is 9.05. The molecule has 0 N–H and O–H groups in total. The molecule has 0 amide bonds. The van der Waals surface area contributed by atoms with E-state index in [4.69, 9.17) is 58.3 Å². The minimum absolute atomic E-state index is 0.0624. The van der Waals surface area contributed by atoms with Crippen molar-refractivity contribution in [3.8, 4) is 0 Å². The number of thiocarbonyl (C=S) groups is 4. The first kappa shape index (κ1) is 33.9. The highest BCUT2D eigenvalue weighted by molar-refractivity contribution is 8.03. The minimum atomic E-state index is -0.0624. The summed E-state index contributed by atoms with van der Waals surface area (Å²) in [5.41, 5.74) is 0.0679. The summed E-state index contributed by atoms with van der Waals surface area (Å²) in [5.74, 6) is 3.10. The molecule has 0 bridgehead atoms. The molecule has 4 nitrogen and oxygen atoms in total.